The first-order valence-corrected chi connectivity index (χ1v) is 22.1. The second-order valence-electron chi connectivity index (χ2n) is 18.8. The summed E-state index contributed by atoms with van der Waals surface area (Å²) < 4.78 is 18.7. The van der Waals surface area contributed by atoms with Crippen molar-refractivity contribution >= 4 is 40.1 Å². The van der Waals surface area contributed by atoms with Crippen molar-refractivity contribution in [3.8, 4) is 22.6 Å². The van der Waals surface area contributed by atoms with Crippen molar-refractivity contribution in [3.05, 3.63) is 124 Å². The number of carbonyl (C=O) groups is 2. The molecule has 3 aliphatic heterocycles. The topological polar surface area (TPSA) is 71.6 Å². The number of piperazine rings is 1. The maximum Gasteiger partial charge on any atom is 0.306 e. The van der Waals surface area contributed by atoms with Crippen LogP contribution < -0.4 is 19.3 Å². The van der Waals surface area contributed by atoms with Gasteiger partial charge in [0.1, 0.15) is 11.5 Å². The summed E-state index contributed by atoms with van der Waals surface area (Å²) in [7, 11) is 3.15. The molecule has 2 fully saturated rings. The molecular formula is C53H59N3O5. The highest BCUT2D eigenvalue weighted by molar-refractivity contribution is 6.10. The van der Waals surface area contributed by atoms with Crippen molar-refractivity contribution in [2.45, 2.75) is 83.2 Å². The second-order valence-corrected chi connectivity index (χ2v) is 18.8. The minimum Gasteiger partial charge on any atom is -0.495 e. The average Bonchev–Trinajstić information content (AvgIpc) is 3.53. The Morgan fingerprint density at radius 2 is 1.46 bits per heavy atom. The standard InChI is InChI=1S/C53H59N3O5/c1-51(2,3)37-18-21-39-43(32-37)52(4,5)49-40-24-25-53(35-14-10-8-11-15-35,36-16-19-38(20-17-36)54-28-30-56(31-29-54)46(57)22-23-47(58)60-7)61-50(40)42-34-45(59-6)44(33-41(42)48(39)49)55-26-12-9-13-27-55/h8,10-11,14-21,24-25,32-34H,9,12-13,22-23,26-31H2,1-7H3. The molecule has 0 spiro atoms. The third kappa shape index (κ3) is 7.02. The third-order valence-electron chi connectivity index (χ3n) is 13.8. The zero-order chi connectivity index (χ0) is 42.7. The summed E-state index contributed by atoms with van der Waals surface area (Å²) in [6.07, 6.45) is 8.49. The smallest absolute Gasteiger partial charge is 0.306 e. The van der Waals surface area contributed by atoms with E-state index in [1.165, 1.54) is 59.6 Å². The number of rotatable bonds is 8. The predicted molar refractivity (Wildman–Crippen MR) is 246 cm³/mol. The van der Waals surface area contributed by atoms with E-state index in [-0.39, 0.29) is 35.5 Å². The quantitative estimate of drug-likeness (QED) is 0.144. The number of nitrogens with zero attached hydrogens (tertiary/aromatic N) is 3. The van der Waals surface area contributed by atoms with Gasteiger partial charge in [-0.3, -0.25) is 9.59 Å². The predicted octanol–water partition coefficient (Wildman–Crippen LogP) is 10.4. The Morgan fingerprint density at radius 3 is 2.13 bits per heavy atom. The molecular weight excluding hydrogens is 759 g/mol. The van der Waals surface area contributed by atoms with Gasteiger partial charge in [-0.25, -0.2) is 0 Å². The van der Waals surface area contributed by atoms with Crippen LogP contribution in [0.25, 0.3) is 28.0 Å². The van der Waals surface area contributed by atoms with Gasteiger partial charge in [0.15, 0.2) is 5.60 Å². The molecule has 0 saturated carbocycles. The molecule has 2 saturated heterocycles. The van der Waals surface area contributed by atoms with Crippen LogP contribution in [0.3, 0.4) is 0 Å². The van der Waals surface area contributed by atoms with Gasteiger partial charge in [0.25, 0.3) is 0 Å². The molecule has 1 unspecified atom stereocenters. The van der Waals surface area contributed by atoms with Gasteiger partial charge in [-0.05, 0) is 88.2 Å². The molecule has 1 amide bonds. The Labute approximate surface area is 361 Å². The Bertz CT molecular complexity index is 2520. The van der Waals surface area contributed by atoms with Crippen LogP contribution in [0.1, 0.15) is 100 Å². The zero-order valence-electron chi connectivity index (χ0n) is 36.9. The number of piperidine rings is 1. The van der Waals surface area contributed by atoms with Gasteiger partial charge < -0.3 is 28.9 Å². The van der Waals surface area contributed by atoms with Gasteiger partial charge in [0.2, 0.25) is 5.91 Å². The minimum absolute atomic E-state index is 0.00727. The molecule has 1 atom stereocenters. The van der Waals surface area contributed by atoms with Crippen molar-refractivity contribution in [3.63, 3.8) is 0 Å². The summed E-state index contributed by atoms with van der Waals surface area (Å²) in [5.41, 5.74) is 10.9. The highest BCUT2D eigenvalue weighted by atomic mass is 16.5. The first kappa shape index (κ1) is 40.6. The van der Waals surface area contributed by atoms with E-state index in [1.807, 2.05) is 4.90 Å². The van der Waals surface area contributed by atoms with Crippen LogP contribution in [0, 0.1) is 0 Å². The number of amides is 1. The van der Waals surface area contributed by atoms with Gasteiger partial charge in [-0.1, -0.05) is 101 Å². The number of hydrogen-bond donors (Lipinski definition) is 0. The highest BCUT2D eigenvalue weighted by Crippen LogP contribution is 2.59. The molecule has 5 aromatic rings. The van der Waals surface area contributed by atoms with Crippen LogP contribution in [0.4, 0.5) is 11.4 Å². The SMILES string of the molecule is COC(=O)CCC(=O)N1CCN(c2ccc(C3(c4ccccc4)C=Cc4c5c(c6cc(N7CCCCC7)c(OC)cc6c4O3)-c3ccc(C(C)(C)C)cc3C5(C)C)cc2)CC1. The lowest BCUT2D eigenvalue weighted by Crippen LogP contribution is -2.48. The summed E-state index contributed by atoms with van der Waals surface area (Å²) in [4.78, 5) is 31.1. The Kier molecular flexibility index (Phi) is 10.4. The van der Waals surface area contributed by atoms with E-state index < -0.39 is 5.60 Å². The highest BCUT2D eigenvalue weighted by Gasteiger charge is 2.45. The monoisotopic (exact) mass is 817 g/mol. The van der Waals surface area contributed by atoms with E-state index >= 15 is 0 Å². The van der Waals surface area contributed by atoms with Crippen LogP contribution in [0.5, 0.6) is 11.5 Å². The third-order valence-corrected chi connectivity index (χ3v) is 13.8. The molecule has 61 heavy (non-hydrogen) atoms. The van der Waals surface area contributed by atoms with Gasteiger partial charge in [0.05, 0.1) is 26.3 Å². The number of carbonyl (C=O) groups excluding carboxylic acids is 2. The minimum atomic E-state index is -0.910. The van der Waals surface area contributed by atoms with Crippen LogP contribution in [0.15, 0.2) is 91.0 Å². The molecule has 8 heteroatoms. The summed E-state index contributed by atoms with van der Waals surface area (Å²) in [5.74, 6) is 1.38. The lowest BCUT2D eigenvalue weighted by Gasteiger charge is -2.39. The van der Waals surface area contributed by atoms with E-state index in [0.717, 1.165) is 58.0 Å². The van der Waals surface area contributed by atoms with Gasteiger partial charge in [-0.15, -0.1) is 0 Å². The van der Waals surface area contributed by atoms with Crippen molar-refractivity contribution in [1.82, 2.24) is 4.90 Å². The van der Waals surface area contributed by atoms with Crippen molar-refractivity contribution in [2.24, 2.45) is 0 Å². The summed E-state index contributed by atoms with van der Waals surface area (Å²) >= 11 is 0. The first-order chi connectivity index (χ1) is 29.3. The number of benzene rings is 5. The molecule has 8 nitrogen and oxygen atoms in total. The Balaban J connectivity index is 1.15. The molecule has 0 radical (unpaired) electrons. The maximum atomic E-state index is 12.8. The molecule has 4 aliphatic rings. The van der Waals surface area contributed by atoms with Gasteiger partial charge in [-0.2, -0.15) is 0 Å². The van der Waals surface area contributed by atoms with Crippen molar-refractivity contribution in [2.75, 3.05) is 63.3 Å². The Hall–Kier alpha value is -5.76. The van der Waals surface area contributed by atoms with Gasteiger partial charge in [0, 0.05) is 78.9 Å². The van der Waals surface area contributed by atoms with Crippen LogP contribution in [0.2, 0.25) is 0 Å². The van der Waals surface area contributed by atoms with E-state index in [9.17, 15) is 9.59 Å². The van der Waals surface area contributed by atoms with Gasteiger partial charge >= 0.3 is 5.97 Å². The molecule has 0 bridgehead atoms. The van der Waals surface area contributed by atoms with Crippen LogP contribution >= 0.6 is 0 Å². The summed E-state index contributed by atoms with van der Waals surface area (Å²) in [5, 5.41) is 2.25. The van der Waals surface area contributed by atoms with E-state index in [1.54, 1.807) is 7.11 Å². The number of fused-ring (bicyclic) bond motifs is 8. The largest absolute Gasteiger partial charge is 0.495 e. The average molecular weight is 818 g/mol. The van der Waals surface area contributed by atoms with Crippen molar-refractivity contribution < 1.29 is 23.8 Å². The molecule has 316 valence electrons. The fourth-order valence-corrected chi connectivity index (χ4v) is 10.3. The molecule has 5 aromatic carbocycles. The summed E-state index contributed by atoms with van der Waals surface area (Å²) in [6.45, 7) is 16.3. The van der Waals surface area contributed by atoms with Crippen LogP contribution in [-0.2, 0) is 30.8 Å². The van der Waals surface area contributed by atoms with E-state index in [2.05, 4.69) is 141 Å². The summed E-state index contributed by atoms with van der Waals surface area (Å²) in [6, 6.07) is 31.1. The number of ether oxygens (including phenoxy) is 3. The lowest BCUT2D eigenvalue weighted by atomic mass is 9.76. The molecule has 0 aromatic heterocycles. The number of methoxy groups -OCH3 is 2. The fraction of sp³-hybridized carbons (Fsp3) is 0.396. The van der Waals surface area contributed by atoms with Crippen molar-refractivity contribution in [1.29, 1.82) is 0 Å². The fourth-order valence-electron chi connectivity index (χ4n) is 10.3. The number of esters is 1. The molecule has 9 rings (SSSR count). The number of hydrogen-bond acceptors (Lipinski definition) is 7. The molecule has 1 aliphatic carbocycles. The zero-order valence-corrected chi connectivity index (χ0v) is 36.9. The lowest BCUT2D eigenvalue weighted by molar-refractivity contribution is -0.143. The molecule has 3 heterocycles. The first-order valence-electron chi connectivity index (χ1n) is 22.1. The second kappa shape index (κ2) is 15.6. The maximum absolute atomic E-state index is 12.8. The number of anilines is 2. The van der Waals surface area contributed by atoms with E-state index in [0.29, 0.717) is 26.2 Å². The Morgan fingerprint density at radius 1 is 0.754 bits per heavy atom. The normalized spacial score (nSPS) is 19.2. The van der Waals surface area contributed by atoms with E-state index in [4.69, 9.17) is 14.2 Å². The van der Waals surface area contributed by atoms with Crippen LogP contribution in [-0.4, -0.2) is 70.3 Å². The molecule has 0 N–H and O–H groups in total.